The lowest BCUT2D eigenvalue weighted by atomic mass is 10.2. The molecule has 7 nitrogen and oxygen atoms in total. The van der Waals surface area contributed by atoms with Crippen LogP contribution in [-0.4, -0.2) is 34.4 Å². The molecule has 2 heterocycles. The van der Waals surface area contributed by atoms with Gasteiger partial charge in [-0.1, -0.05) is 0 Å². The zero-order valence-electron chi connectivity index (χ0n) is 13.8. The molecule has 0 spiro atoms. The van der Waals surface area contributed by atoms with Crippen molar-refractivity contribution in [2.45, 2.75) is 6.54 Å². The van der Waals surface area contributed by atoms with Crippen LogP contribution in [0.5, 0.6) is 0 Å². The maximum atomic E-state index is 13.0. The summed E-state index contributed by atoms with van der Waals surface area (Å²) < 4.78 is 19.1. The molecule has 0 saturated heterocycles. The summed E-state index contributed by atoms with van der Waals surface area (Å²) in [6.45, 7) is 0.563. The fourth-order valence-corrected chi connectivity index (χ4v) is 2.87. The van der Waals surface area contributed by atoms with Crippen LogP contribution in [0.3, 0.4) is 0 Å². The molecule has 0 bridgehead atoms. The SMILES string of the molecule is COCCn1nc(C(=O)Nc2nc(-c3ccc(F)cc3)cs2)ccc1=O. The molecule has 2 aromatic heterocycles. The number of benzene rings is 1. The lowest BCUT2D eigenvalue weighted by Crippen LogP contribution is -2.27. The Labute approximate surface area is 152 Å². The quantitative estimate of drug-likeness (QED) is 0.716. The third-order valence-corrected chi connectivity index (χ3v) is 4.23. The Bertz CT molecular complexity index is 969. The Morgan fingerprint density at radius 3 is 2.77 bits per heavy atom. The summed E-state index contributed by atoms with van der Waals surface area (Å²) in [4.78, 5) is 28.4. The van der Waals surface area contributed by atoms with Crippen LogP contribution < -0.4 is 10.9 Å². The van der Waals surface area contributed by atoms with Gasteiger partial charge in [-0.15, -0.1) is 11.3 Å². The summed E-state index contributed by atoms with van der Waals surface area (Å²) in [5.74, 6) is -0.802. The number of hydrogen-bond acceptors (Lipinski definition) is 6. The number of rotatable bonds is 6. The molecule has 0 saturated carbocycles. The number of halogens is 1. The Morgan fingerprint density at radius 2 is 2.04 bits per heavy atom. The molecule has 3 aromatic rings. The van der Waals surface area contributed by atoms with Crippen LogP contribution in [0.1, 0.15) is 10.5 Å². The Balaban J connectivity index is 1.74. The summed E-state index contributed by atoms with van der Waals surface area (Å²) in [5.41, 5.74) is 1.16. The number of aromatic nitrogens is 3. The van der Waals surface area contributed by atoms with Crippen molar-refractivity contribution >= 4 is 22.4 Å². The van der Waals surface area contributed by atoms with Gasteiger partial charge in [-0.2, -0.15) is 5.10 Å². The Morgan fingerprint density at radius 1 is 1.27 bits per heavy atom. The van der Waals surface area contributed by atoms with Crippen LogP contribution >= 0.6 is 11.3 Å². The summed E-state index contributed by atoms with van der Waals surface area (Å²) >= 11 is 1.24. The number of hydrogen-bond donors (Lipinski definition) is 1. The standard InChI is InChI=1S/C17H15FN4O3S/c1-25-9-8-22-15(23)7-6-13(21-22)16(24)20-17-19-14(10-26-17)11-2-4-12(18)5-3-11/h2-7,10H,8-9H2,1H3,(H,19,20,24). The highest BCUT2D eigenvalue weighted by atomic mass is 32.1. The van der Waals surface area contributed by atoms with E-state index in [1.807, 2.05) is 0 Å². The number of carbonyl (C=O) groups is 1. The lowest BCUT2D eigenvalue weighted by molar-refractivity contribution is 0.101. The molecule has 9 heteroatoms. The van der Waals surface area contributed by atoms with Crippen LogP contribution in [0.4, 0.5) is 9.52 Å². The molecule has 0 aliphatic rings. The zero-order chi connectivity index (χ0) is 18.5. The van der Waals surface area contributed by atoms with Crippen molar-refractivity contribution in [3.63, 3.8) is 0 Å². The molecule has 0 aliphatic carbocycles. The van der Waals surface area contributed by atoms with Gasteiger partial charge in [0.2, 0.25) is 0 Å². The number of nitrogens with one attached hydrogen (secondary N) is 1. The summed E-state index contributed by atoms with van der Waals surface area (Å²) in [7, 11) is 1.52. The predicted molar refractivity (Wildman–Crippen MR) is 95.8 cm³/mol. The van der Waals surface area contributed by atoms with E-state index in [-0.39, 0.29) is 23.6 Å². The van der Waals surface area contributed by atoms with E-state index in [1.165, 1.54) is 47.4 Å². The minimum Gasteiger partial charge on any atom is -0.383 e. The van der Waals surface area contributed by atoms with E-state index in [1.54, 1.807) is 17.5 Å². The van der Waals surface area contributed by atoms with Crippen molar-refractivity contribution in [2.24, 2.45) is 0 Å². The third-order valence-electron chi connectivity index (χ3n) is 3.47. The molecular weight excluding hydrogens is 359 g/mol. The number of methoxy groups -OCH3 is 1. The summed E-state index contributed by atoms with van der Waals surface area (Å²) in [6.07, 6.45) is 0. The molecule has 1 aromatic carbocycles. The van der Waals surface area contributed by atoms with E-state index >= 15 is 0 Å². The van der Waals surface area contributed by atoms with Crippen LogP contribution in [0.15, 0.2) is 46.6 Å². The van der Waals surface area contributed by atoms with Crippen molar-refractivity contribution in [3.05, 3.63) is 63.6 Å². The molecule has 0 aliphatic heterocycles. The number of anilines is 1. The van der Waals surface area contributed by atoms with Crippen molar-refractivity contribution in [2.75, 3.05) is 19.0 Å². The molecule has 3 rings (SSSR count). The zero-order valence-corrected chi connectivity index (χ0v) is 14.6. The van der Waals surface area contributed by atoms with Gasteiger partial charge in [-0.05, 0) is 30.3 Å². The first-order valence-electron chi connectivity index (χ1n) is 7.67. The van der Waals surface area contributed by atoms with Gasteiger partial charge in [0, 0.05) is 24.1 Å². The minimum absolute atomic E-state index is 0.0965. The van der Waals surface area contributed by atoms with Gasteiger partial charge in [-0.3, -0.25) is 14.9 Å². The fraction of sp³-hybridized carbons (Fsp3) is 0.176. The second-order valence-electron chi connectivity index (χ2n) is 5.27. The first-order chi connectivity index (χ1) is 12.6. The normalized spacial score (nSPS) is 10.7. The number of carbonyl (C=O) groups excluding carboxylic acids is 1. The van der Waals surface area contributed by atoms with Crippen LogP contribution in [0.2, 0.25) is 0 Å². The minimum atomic E-state index is -0.476. The second-order valence-corrected chi connectivity index (χ2v) is 6.13. The average Bonchev–Trinajstić information content (AvgIpc) is 3.10. The fourth-order valence-electron chi connectivity index (χ4n) is 2.15. The lowest BCUT2D eigenvalue weighted by Gasteiger charge is -2.06. The van der Waals surface area contributed by atoms with Crippen molar-refractivity contribution < 1.29 is 13.9 Å². The highest BCUT2D eigenvalue weighted by Crippen LogP contribution is 2.25. The largest absolute Gasteiger partial charge is 0.383 e. The van der Waals surface area contributed by atoms with Crippen molar-refractivity contribution in [1.29, 1.82) is 0 Å². The molecule has 26 heavy (non-hydrogen) atoms. The Hall–Kier alpha value is -2.91. The van der Waals surface area contributed by atoms with E-state index in [2.05, 4.69) is 15.4 Å². The highest BCUT2D eigenvalue weighted by molar-refractivity contribution is 7.14. The molecule has 0 atom stereocenters. The van der Waals surface area contributed by atoms with Crippen molar-refractivity contribution in [1.82, 2.24) is 14.8 Å². The molecule has 0 unspecified atom stereocenters. The number of amides is 1. The molecular formula is C17H15FN4O3S. The molecule has 1 N–H and O–H groups in total. The van der Waals surface area contributed by atoms with Crippen LogP contribution in [0.25, 0.3) is 11.3 Å². The summed E-state index contributed by atoms with van der Waals surface area (Å²) in [6, 6.07) is 8.56. The predicted octanol–water partition coefficient (Wildman–Crippen LogP) is 2.40. The monoisotopic (exact) mass is 374 g/mol. The molecule has 0 radical (unpaired) electrons. The maximum absolute atomic E-state index is 13.0. The molecule has 0 fully saturated rings. The van der Waals surface area contributed by atoms with Gasteiger partial charge in [0.05, 0.1) is 18.8 Å². The Kier molecular flexibility index (Phi) is 5.49. The first-order valence-corrected chi connectivity index (χ1v) is 8.55. The molecule has 1 amide bonds. The van der Waals surface area contributed by atoms with Crippen LogP contribution in [-0.2, 0) is 11.3 Å². The maximum Gasteiger partial charge on any atom is 0.277 e. The van der Waals surface area contributed by atoms with E-state index in [0.717, 1.165) is 5.56 Å². The second kappa shape index (κ2) is 7.98. The number of thiazole rings is 1. The van der Waals surface area contributed by atoms with Gasteiger partial charge in [0.25, 0.3) is 11.5 Å². The van der Waals surface area contributed by atoms with Gasteiger partial charge in [-0.25, -0.2) is 14.1 Å². The van der Waals surface area contributed by atoms with E-state index < -0.39 is 5.91 Å². The third kappa shape index (κ3) is 4.19. The van der Waals surface area contributed by atoms with Crippen LogP contribution in [0, 0.1) is 5.82 Å². The number of ether oxygens (including phenoxy) is 1. The topological polar surface area (TPSA) is 86.1 Å². The summed E-state index contributed by atoms with van der Waals surface area (Å²) in [5, 5.41) is 8.82. The van der Waals surface area contributed by atoms with E-state index in [0.29, 0.717) is 17.4 Å². The van der Waals surface area contributed by atoms with Gasteiger partial charge >= 0.3 is 0 Å². The van der Waals surface area contributed by atoms with Gasteiger partial charge in [0.15, 0.2) is 5.13 Å². The number of nitrogens with zero attached hydrogens (tertiary/aromatic N) is 3. The van der Waals surface area contributed by atoms with E-state index in [9.17, 15) is 14.0 Å². The molecule has 134 valence electrons. The smallest absolute Gasteiger partial charge is 0.277 e. The van der Waals surface area contributed by atoms with Gasteiger partial charge in [0.1, 0.15) is 11.5 Å². The average molecular weight is 374 g/mol. The van der Waals surface area contributed by atoms with Gasteiger partial charge < -0.3 is 4.74 Å². The van der Waals surface area contributed by atoms with Crippen molar-refractivity contribution in [3.8, 4) is 11.3 Å². The highest BCUT2D eigenvalue weighted by Gasteiger charge is 2.13. The van der Waals surface area contributed by atoms with E-state index in [4.69, 9.17) is 4.74 Å². The first kappa shape index (κ1) is 17.9.